The van der Waals surface area contributed by atoms with Gasteiger partial charge in [0.2, 0.25) is 0 Å². The fourth-order valence-corrected chi connectivity index (χ4v) is 1.12. The normalized spacial score (nSPS) is 9.93. The quantitative estimate of drug-likeness (QED) is 0.707. The molecule has 0 unspecified atom stereocenters. The molecule has 14 heavy (non-hydrogen) atoms. The summed E-state index contributed by atoms with van der Waals surface area (Å²) < 4.78 is 10.3. The number of ether oxygens (including phenoxy) is 2. The van der Waals surface area contributed by atoms with Crippen molar-refractivity contribution < 1.29 is 14.3 Å². The van der Waals surface area contributed by atoms with Crippen LogP contribution in [0.5, 0.6) is 11.5 Å². The Balaban J connectivity index is 2.90. The number of nitrogens with one attached hydrogen (secondary N) is 1. The van der Waals surface area contributed by atoms with Crippen LogP contribution in [0.25, 0.3) is 0 Å². The largest absolute Gasteiger partial charge is 0.493 e. The topological polar surface area (TPSA) is 52.6 Å². The average Bonchev–Trinajstić information content (AvgIpc) is 2.25. The van der Waals surface area contributed by atoms with E-state index >= 15 is 0 Å². The van der Waals surface area contributed by atoms with Gasteiger partial charge in [0, 0.05) is 12.3 Å². The van der Waals surface area contributed by atoms with E-state index in [4.69, 9.17) is 14.3 Å². The molecule has 0 aliphatic rings. The van der Waals surface area contributed by atoms with Crippen LogP contribution in [0, 0.1) is 0 Å². The Kier molecular flexibility index (Phi) is 4.15. The summed E-state index contributed by atoms with van der Waals surface area (Å²) in [5.41, 5.74) is 3.44. The zero-order valence-electron chi connectivity index (χ0n) is 8.53. The molecule has 0 saturated heterocycles. The lowest BCUT2D eigenvalue weighted by molar-refractivity contribution is 0.0851. The zero-order chi connectivity index (χ0) is 10.4. The van der Waals surface area contributed by atoms with Crippen molar-refractivity contribution in [2.45, 2.75) is 6.54 Å². The van der Waals surface area contributed by atoms with E-state index in [1.165, 1.54) is 0 Å². The molecule has 0 spiro atoms. The number of aromatic nitrogens is 1. The van der Waals surface area contributed by atoms with Gasteiger partial charge in [0.1, 0.15) is 5.69 Å². The summed E-state index contributed by atoms with van der Waals surface area (Å²) in [5.74, 6) is 1.29. The molecule has 0 aliphatic heterocycles. The molecule has 1 aromatic rings. The van der Waals surface area contributed by atoms with Crippen molar-refractivity contribution in [3.63, 3.8) is 0 Å². The first-order chi connectivity index (χ1) is 6.83. The van der Waals surface area contributed by atoms with Gasteiger partial charge in [-0.25, -0.2) is 0 Å². The molecular formula is C9H14N2O3. The van der Waals surface area contributed by atoms with Crippen LogP contribution in [0.3, 0.4) is 0 Å². The standard InChI is InChI=1S/C9H14N2O3/c1-12-8-4-5-10-7(6-11-14-3)9(8)13-2/h4-5,11H,6H2,1-3H3. The number of hydrogen-bond acceptors (Lipinski definition) is 5. The highest BCUT2D eigenvalue weighted by Gasteiger charge is 2.09. The van der Waals surface area contributed by atoms with Crippen molar-refractivity contribution in [3.05, 3.63) is 18.0 Å². The van der Waals surface area contributed by atoms with Crippen LogP contribution < -0.4 is 15.0 Å². The minimum absolute atomic E-state index is 0.469. The molecule has 5 nitrogen and oxygen atoms in total. The second-order valence-corrected chi connectivity index (χ2v) is 2.52. The monoisotopic (exact) mass is 198 g/mol. The molecule has 0 saturated carbocycles. The minimum atomic E-state index is 0.469. The molecule has 0 radical (unpaired) electrons. The predicted octanol–water partition coefficient (Wildman–Crippen LogP) is 0.750. The van der Waals surface area contributed by atoms with E-state index in [9.17, 15) is 0 Å². The molecule has 0 amide bonds. The third kappa shape index (κ3) is 2.34. The first-order valence-corrected chi connectivity index (χ1v) is 4.15. The van der Waals surface area contributed by atoms with Crippen LogP contribution in [-0.4, -0.2) is 26.3 Å². The second-order valence-electron chi connectivity index (χ2n) is 2.52. The van der Waals surface area contributed by atoms with Gasteiger partial charge in [0.05, 0.1) is 27.9 Å². The summed E-state index contributed by atoms with van der Waals surface area (Å²) >= 11 is 0. The maximum atomic E-state index is 5.18. The first-order valence-electron chi connectivity index (χ1n) is 4.15. The van der Waals surface area contributed by atoms with Crippen LogP contribution >= 0.6 is 0 Å². The summed E-state index contributed by atoms with van der Waals surface area (Å²) in [4.78, 5) is 8.88. The predicted molar refractivity (Wildman–Crippen MR) is 51.2 cm³/mol. The molecule has 0 fully saturated rings. The summed E-state index contributed by atoms with van der Waals surface area (Å²) in [7, 11) is 4.72. The Labute approximate surface area is 83.0 Å². The molecule has 1 rings (SSSR count). The lowest BCUT2D eigenvalue weighted by Crippen LogP contribution is -2.13. The van der Waals surface area contributed by atoms with Gasteiger partial charge in [0.25, 0.3) is 0 Å². The van der Waals surface area contributed by atoms with Gasteiger partial charge in [-0.2, -0.15) is 5.48 Å². The average molecular weight is 198 g/mol. The summed E-state index contributed by atoms with van der Waals surface area (Å²) in [6.45, 7) is 0.469. The molecule has 5 heteroatoms. The number of rotatable bonds is 5. The van der Waals surface area contributed by atoms with E-state index < -0.39 is 0 Å². The van der Waals surface area contributed by atoms with Crippen LogP contribution in [0.15, 0.2) is 12.3 Å². The fourth-order valence-electron chi connectivity index (χ4n) is 1.12. The van der Waals surface area contributed by atoms with E-state index in [1.54, 1.807) is 33.6 Å². The molecule has 1 heterocycles. The molecule has 0 atom stereocenters. The fraction of sp³-hybridized carbons (Fsp3) is 0.444. The van der Waals surface area contributed by atoms with Crippen LogP contribution in [0.2, 0.25) is 0 Å². The molecule has 0 aromatic carbocycles. The second kappa shape index (κ2) is 5.41. The Morgan fingerprint density at radius 2 is 2.07 bits per heavy atom. The van der Waals surface area contributed by atoms with E-state index in [1.807, 2.05) is 0 Å². The van der Waals surface area contributed by atoms with Gasteiger partial charge < -0.3 is 14.3 Å². The van der Waals surface area contributed by atoms with Gasteiger partial charge in [-0.3, -0.25) is 4.98 Å². The molecule has 1 N–H and O–H groups in total. The van der Waals surface area contributed by atoms with Crippen molar-refractivity contribution in [1.82, 2.24) is 10.5 Å². The number of methoxy groups -OCH3 is 2. The van der Waals surface area contributed by atoms with E-state index in [2.05, 4.69) is 10.5 Å². The van der Waals surface area contributed by atoms with Crippen molar-refractivity contribution in [2.75, 3.05) is 21.3 Å². The smallest absolute Gasteiger partial charge is 0.183 e. The van der Waals surface area contributed by atoms with Gasteiger partial charge in [-0.05, 0) is 0 Å². The van der Waals surface area contributed by atoms with E-state index in [-0.39, 0.29) is 0 Å². The number of hydroxylamine groups is 1. The SMILES string of the molecule is CONCc1nccc(OC)c1OC. The van der Waals surface area contributed by atoms with Gasteiger partial charge in [0.15, 0.2) is 11.5 Å². The minimum Gasteiger partial charge on any atom is -0.493 e. The highest BCUT2D eigenvalue weighted by atomic mass is 16.6. The molecular weight excluding hydrogens is 184 g/mol. The van der Waals surface area contributed by atoms with Crippen LogP contribution in [0.4, 0.5) is 0 Å². The molecule has 78 valence electrons. The molecule has 1 aromatic heterocycles. The zero-order valence-corrected chi connectivity index (χ0v) is 8.53. The number of hydrogen-bond donors (Lipinski definition) is 1. The van der Waals surface area contributed by atoms with Gasteiger partial charge in [-0.15, -0.1) is 0 Å². The summed E-state index contributed by atoms with van der Waals surface area (Å²) in [6.07, 6.45) is 1.66. The highest BCUT2D eigenvalue weighted by Crippen LogP contribution is 2.28. The Hall–Kier alpha value is -1.33. The van der Waals surface area contributed by atoms with Gasteiger partial charge in [-0.1, -0.05) is 0 Å². The Morgan fingerprint density at radius 1 is 1.29 bits per heavy atom. The molecule has 0 bridgehead atoms. The third-order valence-electron chi connectivity index (χ3n) is 1.75. The highest BCUT2D eigenvalue weighted by molar-refractivity contribution is 5.42. The van der Waals surface area contributed by atoms with E-state index in [0.29, 0.717) is 18.0 Å². The van der Waals surface area contributed by atoms with Crippen molar-refractivity contribution in [3.8, 4) is 11.5 Å². The Morgan fingerprint density at radius 3 is 2.64 bits per heavy atom. The maximum Gasteiger partial charge on any atom is 0.183 e. The lowest BCUT2D eigenvalue weighted by Gasteiger charge is -2.11. The summed E-state index contributed by atoms with van der Waals surface area (Å²) in [5, 5.41) is 0. The van der Waals surface area contributed by atoms with Crippen LogP contribution in [0.1, 0.15) is 5.69 Å². The van der Waals surface area contributed by atoms with Crippen molar-refractivity contribution in [2.24, 2.45) is 0 Å². The summed E-state index contributed by atoms with van der Waals surface area (Å²) in [6, 6.07) is 1.75. The maximum absolute atomic E-state index is 5.18. The lowest BCUT2D eigenvalue weighted by atomic mass is 10.3. The molecule has 0 aliphatic carbocycles. The van der Waals surface area contributed by atoms with Crippen LogP contribution in [-0.2, 0) is 11.4 Å². The van der Waals surface area contributed by atoms with E-state index in [0.717, 1.165) is 5.69 Å². The third-order valence-corrected chi connectivity index (χ3v) is 1.75. The number of nitrogens with zero attached hydrogens (tertiary/aromatic N) is 1. The van der Waals surface area contributed by atoms with Crippen molar-refractivity contribution in [1.29, 1.82) is 0 Å². The first kappa shape index (κ1) is 10.7. The van der Waals surface area contributed by atoms with Crippen molar-refractivity contribution >= 4 is 0 Å². The Bertz CT molecular complexity index is 291. The van der Waals surface area contributed by atoms with Gasteiger partial charge >= 0.3 is 0 Å². The number of pyridine rings is 1.